The summed E-state index contributed by atoms with van der Waals surface area (Å²) in [5.74, 6) is -0.539. The molecule has 0 amide bonds. The molecule has 0 saturated heterocycles. The van der Waals surface area contributed by atoms with Gasteiger partial charge in [-0.1, -0.05) is 0 Å². The van der Waals surface area contributed by atoms with E-state index in [1.165, 1.54) is 24.3 Å². The first-order valence-electron chi connectivity index (χ1n) is 7.54. The molecular weight excluding hydrogens is 448 g/mol. The zero-order valence-corrected chi connectivity index (χ0v) is 16.9. The maximum Gasteiger partial charge on any atom is 0.296 e. The Labute approximate surface area is 168 Å². The molecule has 1 atom stereocenters. The van der Waals surface area contributed by atoms with Crippen LogP contribution in [0.1, 0.15) is 0 Å². The van der Waals surface area contributed by atoms with E-state index in [9.17, 15) is 25.6 Å². The van der Waals surface area contributed by atoms with Crippen molar-refractivity contribution in [3.8, 4) is 0 Å². The molecule has 1 unspecified atom stereocenters. The normalized spacial score (nSPS) is 13.6. The van der Waals surface area contributed by atoms with E-state index in [4.69, 9.17) is 16.0 Å². The minimum atomic E-state index is -4.59. The fourth-order valence-electron chi connectivity index (χ4n) is 2.07. The molecule has 0 bridgehead atoms. The van der Waals surface area contributed by atoms with Crippen LogP contribution in [-0.2, 0) is 35.5 Å². The summed E-state index contributed by atoms with van der Waals surface area (Å²) in [6.45, 7) is -0.521. The Morgan fingerprint density at radius 3 is 2.21 bits per heavy atom. The molecule has 2 rings (SSSR count). The van der Waals surface area contributed by atoms with Crippen LogP contribution >= 0.6 is 0 Å². The van der Waals surface area contributed by atoms with Crippen molar-refractivity contribution in [2.24, 2.45) is 10.2 Å². The number of sulfone groups is 1. The highest BCUT2D eigenvalue weighted by atomic mass is 32.2. The van der Waals surface area contributed by atoms with Crippen molar-refractivity contribution >= 4 is 54.1 Å². The van der Waals surface area contributed by atoms with Crippen LogP contribution in [0.3, 0.4) is 0 Å². The molecule has 0 aliphatic carbocycles. The predicted octanol–water partition coefficient (Wildman–Crippen LogP) is 1.10. The number of anilines is 2. The number of hydrogen-bond acceptors (Lipinski definition) is 11. The topological polar surface area (TPSA) is 215 Å². The summed E-state index contributed by atoms with van der Waals surface area (Å²) < 4.78 is 80.6. The van der Waals surface area contributed by atoms with Gasteiger partial charge in [0.2, 0.25) is 0 Å². The molecule has 0 fully saturated rings. The quantitative estimate of drug-likeness (QED) is 0.219. The van der Waals surface area contributed by atoms with Crippen LogP contribution in [0.5, 0.6) is 0 Å². The van der Waals surface area contributed by atoms with Crippen molar-refractivity contribution < 1.29 is 34.3 Å². The van der Waals surface area contributed by atoms with Gasteiger partial charge >= 0.3 is 0 Å². The number of hydrogen-bond donors (Lipinski definition) is 3. The lowest BCUT2D eigenvalue weighted by molar-refractivity contribution is 0.318. The first kappa shape index (κ1) is 22.9. The van der Waals surface area contributed by atoms with Crippen LogP contribution in [0.4, 0.5) is 22.7 Å². The number of rotatable bonds is 8. The van der Waals surface area contributed by atoms with E-state index in [1.807, 2.05) is 0 Å². The van der Waals surface area contributed by atoms with Crippen molar-refractivity contribution in [3.05, 3.63) is 36.4 Å². The summed E-state index contributed by atoms with van der Waals surface area (Å²) in [4.78, 5) is -0.666. The Bertz CT molecular complexity index is 1160. The summed E-state index contributed by atoms with van der Waals surface area (Å²) in [7, 11) is -8.36. The Kier molecular flexibility index (Phi) is 7.04. The summed E-state index contributed by atoms with van der Waals surface area (Å²) >= 11 is -2.81. The second-order valence-corrected chi connectivity index (χ2v) is 9.61. The van der Waals surface area contributed by atoms with Crippen LogP contribution in [0, 0.1) is 0 Å². The largest absolute Gasteiger partial charge is 0.750 e. The minimum Gasteiger partial charge on any atom is -0.750 e. The van der Waals surface area contributed by atoms with Crippen LogP contribution in [0.25, 0.3) is 0 Å². The second-order valence-electron chi connectivity index (χ2n) is 5.46. The van der Waals surface area contributed by atoms with E-state index in [2.05, 4.69) is 14.4 Å². The van der Waals surface area contributed by atoms with E-state index in [0.717, 1.165) is 12.1 Å². The van der Waals surface area contributed by atoms with E-state index in [0.29, 0.717) is 0 Å². The summed E-state index contributed by atoms with van der Waals surface area (Å²) in [6.07, 6.45) is 0. The summed E-state index contributed by atoms with van der Waals surface area (Å²) in [5.41, 5.74) is 11.1. The number of benzene rings is 2. The van der Waals surface area contributed by atoms with Gasteiger partial charge in [-0.3, -0.25) is 8.74 Å². The molecule has 2 aromatic carbocycles. The molecule has 15 heteroatoms. The predicted molar refractivity (Wildman–Crippen MR) is 103 cm³/mol. The third kappa shape index (κ3) is 6.28. The monoisotopic (exact) mass is 463 g/mol. The maximum absolute atomic E-state index is 12.1. The molecule has 29 heavy (non-hydrogen) atoms. The highest BCUT2D eigenvalue weighted by molar-refractivity contribution is 7.91. The molecular formula is C14H15N4O8S3-. The molecule has 5 N–H and O–H groups in total. The Balaban J connectivity index is 2.22. The van der Waals surface area contributed by atoms with Crippen molar-refractivity contribution in [2.75, 3.05) is 23.8 Å². The van der Waals surface area contributed by atoms with Gasteiger partial charge in [0.25, 0.3) is 10.1 Å². The van der Waals surface area contributed by atoms with Gasteiger partial charge in [-0.2, -0.15) is 13.5 Å². The average molecular weight is 463 g/mol. The van der Waals surface area contributed by atoms with Crippen LogP contribution < -0.4 is 11.5 Å². The van der Waals surface area contributed by atoms with E-state index in [-0.39, 0.29) is 27.6 Å². The van der Waals surface area contributed by atoms with Gasteiger partial charge in [0.1, 0.15) is 10.6 Å². The van der Waals surface area contributed by atoms with Gasteiger partial charge in [-0.15, -0.1) is 5.11 Å². The third-order valence-corrected chi connectivity index (χ3v) is 6.40. The van der Waals surface area contributed by atoms with Crippen molar-refractivity contribution in [1.82, 2.24) is 0 Å². The van der Waals surface area contributed by atoms with E-state index in [1.54, 1.807) is 0 Å². The molecule has 158 valence electrons. The fourth-order valence-corrected chi connectivity index (χ4v) is 4.11. The van der Waals surface area contributed by atoms with Gasteiger partial charge in [-0.25, -0.2) is 12.6 Å². The average Bonchev–Trinajstić information content (AvgIpc) is 2.59. The molecule has 0 spiro atoms. The number of azo groups is 1. The standard InChI is InChI=1S/C14H16N4O8S3/c15-11-7-12(16)14(29(23,24)25)8-13(11)18-17-9-1-3-10(4-2-9)28(21,22)6-5-26-27(19)20/h1-4,7-8H,5-6,15-16H2,(H,19,20)(H,23,24,25)/p-1. The maximum atomic E-state index is 12.1. The molecule has 12 nitrogen and oxygen atoms in total. The zero-order chi connectivity index (χ0) is 21.8. The van der Waals surface area contributed by atoms with Crippen LogP contribution in [-0.4, -0.2) is 42.5 Å². The lowest BCUT2D eigenvalue weighted by atomic mass is 10.2. The molecule has 0 radical (unpaired) electrons. The third-order valence-electron chi connectivity index (χ3n) is 3.44. The Hall–Kier alpha value is -2.43. The Morgan fingerprint density at radius 1 is 1.03 bits per heavy atom. The van der Waals surface area contributed by atoms with Gasteiger partial charge in [-0.05, 0) is 36.4 Å². The van der Waals surface area contributed by atoms with Gasteiger partial charge < -0.3 is 16.0 Å². The molecule has 0 saturated carbocycles. The van der Waals surface area contributed by atoms with E-state index >= 15 is 0 Å². The SMILES string of the molecule is Nc1cc(N)c(S(=O)(=O)O)cc1N=Nc1ccc(S(=O)(=O)CCOS(=O)[O-])cc1. The van der Waals surface area contributed by atoms with Crippen molar-refractivity contribution in [3.63, 3.8) is 0 Å². The molecule has 0 aliphatic rings. The van der Waals surface area contributed by atoms with Crippen molar-refractivity contribution in [1.29, 1.82) is 0 Å². The number of nitrogens with two attached hydrogens (primary N) is 2. The zero-order valence-electron chi connectivity index (χ0n) is 14.5. The first-order chi connectivity index (χ1) is 13.4. The van der Waals surface area contributed by atoms with Gasteiger partial charge in [0, 0.05) is 0 Å². The minimum absolute atomic E-state index is 0.00797. The molecule has 0 aliphatic heterocycles. The highest BCUT2D eigenvalue weighted by Crippen LogP contribution is 2.32. The van der Waals surface area contributed by atoms with Gasteiger partial charge in [0.15, 0.2) is 9.84 Å². The van der Waals surface area contributed by atoms with Gasteiger partial charge in [0.05, 0.1) is 45.7 Å². The molecule has 2 aromatic rings. The van der Waals surface area contributed by atoms with Crippen LogP contribution in [0.15, 0.2) is 56.4 Å². The number of nitrogen functional groups attached to an aromatic ring is 2. The van der Waals surface area contributed by atoms with Crippen molar-refractivity contribution in [2.45, 2.75) is 9.79 Å². The van der Waals surface area contributed by atoms with Crippen LogP contribution in [0.2, 0.25) is 0 Å². The smallest absolute Gasteiger partial charge is 0.296 e. The molecule has 0 aromatic heterocycles. The lowest BCUT2D eigenvalue weighted by Gasteiger charge is -2.07. The Morgan fingerprint density at radius 2 is 1.66 bits per heavy atom. The number of nitrogens with zero attached hydrogens (tertiary/aromatic N) is 2. The molecule has 0 heterocycles. The lowest BCUT2D eigenvalue weighted by Crippen LogP contribution is -2.13. The first-order valence-corrected chi connectivity index (χ1v) is 11.6. The summed E-state index contributed by atoms with van der Waals surface area (Å²) in [5, 5.41) is 7.61. The van der Waals surface area contributed by atoms with E-state index < -0.39 is 48.6 Å². The fraction of sp³-hybridized carbons (Fsp3) is 0.143. The summed E-state index contributed by atoms with van der Waals surface area (Å²) in [6, 6.07) is 7.15. The second kappa shape index (κ2) is 8.93. The highest BCUT2D eigenvalue weighted by Gasteiger charge is 2.17.